The zero-order valence-electron chi connectivity index (χ0n) is 14.4. The smallest absolute Gasteiger partial charge is 0.194 e. The lowest BCUT2D eigenvalue weighted by Crippen LogP contribution is -2.72. The fourth-order valence-electron chi connectivity index (χ4n) is 2.75. The first-order valence-electron chi connectivity index (χ1n) is 7.62. The Morgan fingerprint density at radius 2 is 1.91 bits per heavy atom. The second-order valence-corrected chi connectivity index (χ2v) is 6.97. The topological polar surface area (TPSA) is 27.6 Å². The molecule has 1 saturated heterocycles. The number of nitrogens with one attached hydrogen (secondary N) is 1. The van der Waals surface area contributed by atoms with E-state index in [0.717, 1.165) is 18.6 Å². The maximum absolute atomic E-state index is 13.6. The summed E-state index contributed by atoms with van der Waals surface area (Å²) in [5, 5.41) is 3.25. The summed E-state index contributed by atoms with van der Waals surface area (Å²) in [5.74, 6) is -0.752. The van der Waals surface area contributed by atoms with Crippen molar-refractivity contribution in [3.63, 3.8) is 0 Å². The van der Waals surface area contributed by atoms with Gasteiger partial charge in [0.2, 0.25) is 0 Å². The molecule has 0 atom stereocenters. The fourth-order valence-corrected chi connectivity index (χ4v) is 2.75. The van der Waals surface area contributed by atoms with Crippen LogP contribution in [0.1, 0.15) is 33.3 Å². The maximum atomic E-state index is 13.6. The van der Waals surface area contributed by atoms with E-state index in [4.69, 9.17) is 0 Å². The van der Waals surface area contributed by atoms with Crippen molar-refractivity contribution in [3.05, 3.63) is 35.4 Å². The molecule has 1 aromatic rings. The predicted octanol–water partition coefficient (Wildman–Crippen LogP) is 3.82. The maximum Gasteiger partial charge on any atom is 0.194 e. The third-order valence-corrected chi connectivity index (χ3v) is 5.06. The average Bonchev–Trinajstić information content (AvgIpc) is 2.46. The molecule has 1 fully saturated rings. The van der Waals surface area contributed by atoms with Crippen molar-refractivity contribution in [3.8, 4) is 0 Å². The summed E-state index contributed by atoms with van der Waals surface area (Å²) < 4.78 is 26.8. The van der Waals surface area contributed by atoms with E-state index in [-0.39, 0.29) is 34.9 Å². The Bertz CT molecular complexity index is 585. The van der Waals surface area contributed by atoms with Gasteiger partial charge in [-0.3, -0.25) is 4.99 Å². The zero-order chi connectivity index (χ0) is 16.5. The highest BCUT2D eigenvalue weighted by molar-refractivity contribution is 14.0. The standard InChI is InChI=1S/C17H25F2N3.HI/c1-16(2)11-22(17(16,3)4)15(20-5)21-10-9-12-7-6-8-13(18)14(12)19;/h6-8H,9-11H2,1-5H3,(H,20,21);1H. The molecule has 1 aliphatic heterocycles. The van der Waals surface area contributed by atoms with E-state index in [1.54, 1.807) is 13.1 Å². The zero-order valence-corrected chi connectivity index (χ0v) is 16.7. The van der Waals surface area contributed by atoms with Gasteiger partial charge in [-0.05, 0) is 31.9 Å². The molecule has 0 bridgehead atoms. The number of likely N-dealkylation sites (tertiary alicyclic amines) is 1. The van der Waals surface area contributed by atoms with Crippen LogP contribution in [-0.2, 0) is 6.42 Å². The Hall–Kier alpha value is -0.920. The summed E-state index contributed by atoms with van der Waals surface area (Å²) in [5.41, 5.74) is 0.615. The first-order valence-corrected chi connectivity index (χ1v) is 7.62. The molecule has 130 valence electrons. The quantitative estimate of drug-likeness (QED) is 0.443. The Labute approximate surface area is 154 Å². The van der Waals surface area contributed by atoms with Crippen molar-refractivity contribution < 1.29 is 8.78 Å². The molecule has 23 heavy (non-hydrogen) atoms. The van der Waals surface area contributed by atoms with Crippen molar-refractivity contribution in [2.75, 3.05) is 20.1 Å². The number of guanidine groups is 1. The highest BCUT2D eigenvalue weighted by atomic mass is 127. The van der Waals surface area contributed by atoms with Crippen molar-refractivity contribution in [1.82, 2.24) is 10.2 Å². The molecular weight excluding hydrogens is 411 g/mol. The van der Waals surface area contributed by atoms with Gasteiger partial charge in [-0.1, -0.05) is 26.0 Å². The number of halogens is 3. The second kappa shape index (κ2) is 7.32. The lowest BCUT2D eigenvalue weighted by atomic mass is 9.65. The van der Waals surface area contributed by atoms with Crippen LogP contribution in [0.25, 0.3) is 0 Å². The first-order chi connectivity index (χ1) is 10.2. The van der Waals surface area contributed by atoms with Crippen LogP contribution in [-0.4, -0.2) is 36.5 Å². The van der Waals surface area contributed by atoms with Gasteiger partial charge in [0.25, 0.3) is 0 Å². The predicted molar refractivity (Wildman–Crippen MR) is 101 cm³/mol. The summed E-state index contributed by atoms with van der Waals surface area (Å²) in [7, 11) is 1.74. The molecule has 0 radical (unpaired) electrons. The number of aliphatic imine (C=N–C) groups is 1. The molecule has 1 heterocycles. The van der Waals surface area contributed by atoms with E-state index in [1.807, 2.05) is 0 Å². The van der Waals surface area contributed by atoms with Crippen LogP contribution in [0.15, 0.2) is 23.2 Å². The number of hydrogen-bond acceptors (Lipinski definition) is 1. The van der Waals surface area contributed by atoms with Crippen LogP contribution in [0.4, 0.5) is 8.78 Å². The number of benzene rings is 1. The minimum atomic E-state index is -0.799. The highest BCUT2D eigenvalue weighted by Crippen LogP contribution is 2.46. The van der Waals surface area contributed by atoms with Gasteiger partial charge in [0.15, 0.2) is 17.6 Å². The second-order valence-electron chi connectivity index (χ2n) is 6.97. The van der Waals surface area contributed by atoms with E-state index in [2.05, 4.69) is 42.9 Å². The molecule has 1 aromatic carbocycles. The van der Waals surface area contributed by atoms with Crippen LogP contribution in [0.3, 0.4) is 0 Å². The Morgan fingerprint density at radius 3 is 2.43 bits per heavy atom. The fraction of sp³-hybridized carbons (Fsp3) is 0.588. The summed E-state index contributed by atoms with van der Waals surface area (Å²) in [4.78, 5) is 6.52. The van der Waals surface area contributed by atoms with E-state index in [0.29, 0.717) is 18.5 Å². The van der Waals surface area contributed by atoms with Gasteiger partial charge >= 0.3 is 0 Å². The minimum absolute atomic E-state index is 0. The third-order valence-electron chi connectivity index (χ3n) is 5.06. The third kappa shape index (κ3) is 3.78. The lowest BCUT2D eigenvalue weighted by Gasteiger charge is -2.62. The normalized spacial score (nSPS) is 18.9. The molecule has 0 spiro atoms. The van der Waals surface area contributed by atoms with E-state index >= 15 is 0 Å². The van der Waals surface area contributed by atoms with Gasteiger partial charge in [-0.2, -0.15) is 0 Å². The molecule has 1 N–H and O–H groups in total. The minimum Gasteiger partial charge on any atom is -0.356 e. The van der Waals surface area contributed by atoms with Crippen LogP contribution in [0.5, 0.6) is 0 Å². The summed E-state index contributed by atoms with van der Waals surface area (Å²) in [6, 6.07) is 4.28. The molecule has 6 heteroatoms. The van der Waals surface area contributed by atoms with Crippen LogP contribution >= 0.6 is 24.0 Å². The Morgan fingerprint density at radius 1 is 1.26 bits per heavy atom. The van der Waals surface area contributed by atoms with Crippen molar-refractivity contribution in [2.24, 2.45) is 10.4 Å². The van der Waals surface area contributed by atoms with Gasteiger partial charge in [-0.15, -0.1) is 24.0 Å². The molecule has 0 aromatic heterocycles. The summed E-state index contributed by atoms with van der Waals surface area (Å²) in [6.45, 7) is 10.3. The van der Waals surface area contributed by atoms with Crippen molar-refractivity contribution in [2.45, 2.75) is 39.7 Å². The SMILES string of the molecule is CN=C(NCCc1cccc(F)c1F)N1CC(C)(C)C1(C)C.I. The van der Waals surface area contributed by atoms with Crippen LogP contribution in [0, 0.1) is 17.0 Å². The Balaban J connectivity index is 0.00000264. The largest absolute Gasteiger partial charge is 0.356 e. The summed E-state index contributed by atoms with van der Waals surface area (Å²) >= 11 is 0. The lowest BCUT2D eigenvalue weighted by molar-refractivity contribution is -0.0666. The first kappa shape index (κ1) is 20.1. The number of hydrogen-bond donors (Lipinski definition) is 1. The van der Waals surface area contributed by atoms with Gasteiger partial charge in [0.1, 0.15) is 0 Å². The van der Waals surface area contributed by atoms with Crippen molar-refractivity contribution >= 4 is 29.9 Å². The summed E-state index contributed by atoms with van der Waals surface area (Å²) in [6.07, 6.45) is 0.417. The molecule has 0 amide bonds. The number of nitrogens with zero attached hydrogens (tertiary/aromatic N) is 2. The molecule has 3 nitrogen and oxygen atoms in total. The monoisotopic (exact) mass is 437 g/mol. The number of rotatable bonds is 3. The Kier molecular flexibility index (Phi) is 6.40. The van der Waals surface area contributed by atoms with Gasteiger partial charge in [0, 0.05) is 31.1 Å². The molecule has 0 saturated carbocycles. The van der Waals surface area contributed by atoms with E-state index < -0.39 is 11.6 Å². The van der Waals surface area contributed by atoms with Gasteiger partial charge in [-0.25, -0.2) is 8.78 Å². The van der Waals surface area contributed by atoms with Gasteiger partial charge in [0.05, 0.1) is 0 Å². The molecule has 2 rings (SSSR count). The highest BCUT2D eigenvalue weighted by Gasteiger charge is 2.53. The van der Waals surface area contributed by atoms with Crippen molar-refractivity contribution in [1.29, 1.82) is 0 Å². The van der Waals surface area contributed by atoms with Crippen LogP contribution in [0.2, 0.25) is 0 Å². The molecule has 1 aliphatic rings. The van der Waals surface area contributed by atoms with E-state index in [9.17, 15) is 8.78 Å². The molecule has 0 unspecified atom stereocenters. The average molecular weight is 437 g/mol. The van der Waals surface area contributed by atoms with E-state index in [1.165, 1.54) is 6.07 Å². The molecular formula is C17H26F2IN3. The molecule has 0 aliphatic carbocycles. The van der Waals surface area contributed by atoms with Crippen LogP contribution < -0.4 is 5.32 Å². The van der Waals surface area contributed by atoms with Gasteiger partial charge < -0.3 is 10.2 Å².